The van der Waals surface area contributed by atoms with Crippen molar-refractivity contribution in [3.8, 4) is 0 Å². The van der Waals surface area contributed by atoms with Gasteiger partial charge in [-0.05, 0) is 38.1 Å². The number of methoxy groups -OCH3 is 1. The van der Waals surface area contributed by atoms with Gasteiger partial charge < -0.3 is 9.84 Å². The maximum Gasteiger partial charge on any atom is 0.320 e. The van der Waals surface area contributed by atoms with Crippen LogP contribution >= 0.6 is 0 Å². The molecule has 2 atom stereocenters. The summed E-state index contributed by atoms with van der Waals surface area (Å²) in [6.45, 7) is 1.59. The van der Waals surface area contributed by atoms with E-state index in [1.165, 1.54) is 12.8 Å². The smallest absolute Gasteiger partial charge is 0.320 e. The number of carbonyl (C=O) groups is 1. The van der Waals surface area contributed by atoms with Gasteiger partial charge in [0.1, 0.15) is 6.04 Å². The molecule has 4 nitrogen and oxygen atoms in total. The number of nitrogens with zero attached hydrogens (tertiary/aromatic N) is 1. The van der Waals surface area contributed by atoms with E-state index in [0.29, 0.717) is 18.6 Å². The molecule has 0 radical (unpaired) electrons. The summed E-state index contributed by atoms with van der Waals surface area (Å²) in [6, 6.07) is 0.0425. The fraction of sp³-hybridized carbons (Fsp3) is 0.917. The molecule has 1 saturated heterocycles. The predicted molar refractivity (Wildman–Crippen MR) is 60.4 cm³/mol. The van der Waals surface area contributed by atoms with E-state index in [1.807, 2.05) is 0 Å². The summed E-state index contributed by atoms with van der Waals surface area (Å²) in [5.74, 6) is 0.00125. The molecule has 16 heavy (non-hydrogen) atoms. The molecule has 0 aromatic carbocycles. The third-order valence-corrected chi connectivity index (χ3v) is 3.76. The number of hydrogen-bond donors (Lipinski definition) is 1. The summed E-state index contributed by atoms with van der Waals surface area (Å²) in [5.41, 5.74) is 0. The summed E-state index contributed by atoms with van der Waals surface area (Å²) in [5, 5.41) is 9.25. The molecule has 1 aliphatic heterocycles. The molecule has 0 aromatic rings. The highest BCUT2D eigenvalue weighted by Gasteiger charge is 2.41. The first-order chi connectivity index (χ1) is 7.74. The van der Waals surface area contributed by atoms with Crippen molar-refractivity contribution in [3.63, 3.8) is 0 Å². The SMILES string of the molecule is COCC(C1CC1)N1CCCCC1C(=O)O. The zero-order valence-corrected chi connectivity index (χ0v) is 9.89. The van der Waals surface area contributed by atoms with E-state index in [9.17, 15) is 9.90 Å². The van der Waals surface area contributed by atoms with Crippen molar-refractivity contribution in [1.29, 1.82) is 0 Å². The Bertz CT molecular complexity index is 253. The molecule has 2 unspecified atom stereocenters. The lowest BCUT2D eigenvalue weighted by Gasteiger charge is -2.39. The molecular formula is C12H21NO3. The Labute approximate surface area is 96.6 Å². The fourth-order valence-corrected chi connectivity index (χ4v) is 2.77. The van der Waals surface area contributed by atoms with Crippen LogP contribution in [0.2, 0.25) is 0 Å². The molecule has 1 heterocycles. The van der Waals surface area contributed by atoms with Crippen LogP contribution in [0.25, 0.3) is 0 Å². The van der Waals surface area contributed by atoms with Gasteiger partial charge in [-0.1, -0.05) is 6.42 Å². The highest BCUT2D eigenvalue weighted by Crippen LogP contribution is 2.37. The number of ether oxygens (including phenoxy) is 1. The molecule has 2 aliphatic rings. The van der Waals surface area contributed by atoms with Crippen LogP contribution in [-0.4, -0.2) is 48.3 Å². The number of aliphatic carboxylic acids is 1. The molecular weight excluding hydrogens is 206 g/mol. The third-order valence-electron chi connectivity index (χ3n) is 3.76. The molecule has 1 N–H and O–H groups in total. The summed E-state index contributed by atoms with van der Waals surface area (Å²) >= 11 is 0. The first kappa shape index (κ1) is 11.9. The number of carboxylic acid groups (broad SMARTS) is 1. The van der Waals surface area contributed by atoms with Gasteiger partial charge in [-0.15, -0.1) is 0 Å². The van der Waals surface area contributed by atoms with Crippen LogP contribution in [0.3, 0.4) is 0 Å². The van der Waals surface area contributed by atoms with Crippen LogP contribution in [-0.2, 0) is 9.53 Å². The third kappa shape index (κ3) is 2.55. The van der Waals surface area contributed by atoms with Gasteiger partial charge >= 0.3 is 5.97 Å². The molecule has 4 heteroatoms. The van der Waals surface area contributed by atoms with E-state index in [1.54, 1.807) is 7.11 Å². The van der Waals surface area contributed by atoms with Gasteiger partial charge in [0.25, 0.3) is 0 Å². The second-order valence-corrected chi connectivity index (χ2v) is 4.95. The number of piperidine rings is 1. The van der Waals surface area contributed by atoms with Gasteiger partial charge in [-0.2, -0.15) is 0 Å². The normalized spacial score (nSPS) is 28.9. The van der Waals surface area contributed by atoms with Crippen molar-refractivity contribution in [3.05, 3.63) is 0 Å². The van der Waals surface area contributed by atoms with E-state index in [-0.39, 0.29) is 6.04 Å². The second kappa shape index (κ2) is 5.15. The Hall–Kier alpha value is -0.610. The van der Waals surface area contributed by atoms with Crippen molar-refractivity contribution in [1.82, 2.24) is 4.90 Å². The first-order valence-corrected chi connectivity index (χ1v) is 6.21. The van der Waals surface area contributed by atoms with Crippen LogP contribution in [0.15, 0.2) is 0 Å². The Morgan fingerprint density at radius 3 is 2.75 bits per heavy atom. The van der Waals surface area contributed by atoms with Crippen LogP contribution in [0.5, 0.6) is 0 Å². The quantitative estimate of drug-likeness (QED) is 0.770. The number of likely N-dealkylation sites (tertiary alicyclic amines) is 1. The Morgan fingerprint density at radius 1 is 1.44 bits per heavy atom. The maximum absolute atomic E-state index is 11.2. The lowest BCUT2D eigenvalue weighted by molar-refractivity contribution is -0.146. The molecule has 2 fully saturated rings. The van der Waals surface area contributed by atoms with Gasteiger partial charge in [0.15, 0.2) is 0 Å². The minimum absolute atomic E-state index is 0.283. The van der Waals surface area contributed by atoms with Gasteiger partial charge in [0, 0.05) is 13.2 Å². The van der Waals surface area contributed by atoms with Crippen molar-refractivity contribution in [2.75, 3.05) is 20.3 Å². The molecule has 1 saturated carbocycles. The minimum atomic E-state index is -0.665. The van der Waals surface area contributed by atoms with Crippen LogP contribution in [0, 0.1) is 5.92 Å². The predicted octanol–water partition coefficient (Wildman–Crippen LogP) is 1.35. The van der Waals surface area contributed by atoms with Gasteiger partial charge in [-0.3, -0.25) is 9.69 Å². The Balaban J connectivity index is 2.04. The minimum Gasteiger partial charge on any atom is -0.480 e. The zero-order chi connectivity index (χ0) is 11.5. The van der Waals surface area contributed by atoms with E-state index in [2.05, 4.69) is 4.90 Å². The average molecular weight is 227 g/mol. The van der Waals surface area contributed by atoms with E-state index < -0.39 is 5.97 Å². The fourth-order valence-electron chi connectivity index (χ4n) is 2.77. The lowest BCUT2D eigenvalue weighted by atomic mass is 9.98. The second-order valence-electron chi connectivity index (χ2n) is 4.95. The van der Waals surface area contributed by atoms with E-state index in [4.69, 9.17) is 4.74 Å². The average Bonchev–Trinajstić information content (AvgIpc) is 3.10. The van der Waals surface area contributed by atoms with Crippen LogP contribution in [0.4, 0.5) is 0 Å². The zero-order valence-electron chi connectivity index (χ0n) is 9.89. The molecule has 0 amide bonds. The number of carboxylic acids is 1. The molecule has 0 aromatic heterocycles. The maximum atomic E-state index is 11.2. The summed E-state index contributed by atoms with van der Waals surface area (Å²) in [7, 11) is 1.70. The first-order valence-electron chi connectivity index (χ1n) is 6.21. The molecule has 92 valence electrons. The Morgan fingerprint density at radius 2 is 2.19 bits per heavy atom. The topological polar surface area (TPSA) is 49.8 Å². The number of hydrogen-bond acceptors (Lipinski definition) is 3. The van der Waals surface area contributed by atoms with Crippen molar-refractivity contribution >= 4 is 5.97 Å². The molecule has 1 aliphatic carbocycles. The Kier molecular flexibility index (Phi) is 3.82. The molecule has 0 spiro atoms. The summed E-state index contributed by atoms with van der Waals surface area (Å²) in [4.78, 5) is 13.4. The molecule has 0 bridgehead atoms. The number of rotatable bonds is 5. The summed E-state index contributed by atoms with van der Waals surface area (Å²) in [6.07, 6.45) is 5.42. The van der Waals surface area contributed by atoms with Crippen LogP contribution in [0.1, 0.15) is 32.1 Å². The largest absolute Gasteiger partial charge is 0.480 e. The summed E-state index contributed by atoms with van der Waals surface area (Å²) < 4.78 is 5.25. The van der Waals surface area contributed by atoms with Gasteiger partial charge in [0.2, 0.25) is 0 Å². The highest BCUT2D eigenvalue weighted by atomic mass is 16.5. The lowest BCUT2D eigenvalue weighted by Crippen LogP contribution is -2.52. The standard InChI is InChI=1S/C12H21NO3/c1-16-8-11(9-5-6-9)13-7-3-2-4-10(13)12(14)15/h9-11H,2-8H2,1H3,(H,14,15). The van der Waals surface area contributed by atoms with E-state index >= 15 is 0 Å². The van der Waals surface area contributed by atoms with E-state index in [0.717, 1.165) is 25.8 Å². The van der Waals surface area contributed by atoms with Crippen molar-refractivity contribution < 1.29 is 14.6 Å². The van der Waals surface area contributed by atoms with Gasteiger partial charge in [-0.25, -0.2) is 0 Å². The highest BCUT2D eigenvalue weighted by molar-refractivity contribution is 5.73. The van der Waals surface area contributed by atoms with Crippen molar-refractivity contribution in [2.45, 2.75) is 44.2 Å². The van der Waals surface area contributed by atoms with Crippen molar-refractivity contribution in [2.24, 2.45) is 5.92 Å². The molecule has 2 rings (SSSR count). The monoisotopic (exact) mass is 227 g/mol. The van der Waals surface area contributed by atoms with Gasteiger partial charge in [0.05, 0.1) is 6.61 Å². The van der Waals surface area contributed by atoms with Crippen LogP contribution < -0.4 is 0 Å².